The summed E-state index contributed by atoms with van der Waals surface area (Å²) in [5.41, 5.74) is 7.85. The highest BCUT2D eigenvalue weighted by molar-refractivity contribution is 8.22. The third-order valence-corrected chi connectivity index (χ3v) is 5.26. The molecule has 1 atom stereocenters. The first-order valence-corrected chi connectivity index (χ1v) is 9.83. The fourth-order valence-electron chi connectivity index (χ4n) is 2.25. The number of carbonyl (C=O) groups excluding carboxylic acids is 1. The zero-order valence-electron chi connectivity index (χ0n) is 15.0. The summed E-state index contributed by atoms with van der Waals surface area (Å²) >= 11 is 7.10. The Balaban J connectivity index is 2.51. The second-order valence-corrected chi connectivity index (χ2v) is 7.76. The Morgan fingerprint density at radius 1 is 1.25 bits per heavy atom. The Morgan fingerprint density at radius 3 is 2.33 bits per heavy atom. The summed E-state index contributed by atoms with van der Waals surface area (Å²) in [7, 11) is 0. The summed E-state index contributed by atoms with van der Waals surface area (Å²) in [6, 6.07) is 7.39. The topological polar surface area (TPSA) is 58.4 Å². The maximum absolute atomic E-state index is 12.0. The lowest BCUT2D eigenvalue weighted by Crippen LogP contribution is -2.36. The van der Waals surface area contributed by atoms with Crippen LogP contribution in [0, 0.1) is 5.92 Å². The van der Waals surface area contributed by atoms with Gasteiger partial charge in [0.2, 0.25) is 5.91 Å². The molecule has 3 N–H and O–H groups in total. The molecule has 0 heterocycles. The zero-order chi connectivity index (χ0) is 18.1. The highest BCUT2D eigenvalue weighted by Gasteiger charge is 2.15. The second kappa shape index (κ2) is 10.7. The second-order valence-electron chi connectivity index (χ2n) is 6.15. The van der Waals surface area contributed by atoms with E-state index < -0.39 is 6.04 Å². The molecule has 1 aromatic rings. The average Bonchev–Trinajstić information content (AvgIpc) is 2.54. The van der Waals surface area contributed by atoms with Crippen molar-refractivity contribution in [1.29, 1.82) is 0 Å². The number of nitrogens with zero attached hydrogens (tertiary/aromatic N) is 1. The molecular weight excluding hydrogens is 338 g/mol. The molecule has 1 amide bonds. The summed E-state index contributed by atoms with van der Waals surface area (Å²) < 4.78 is 0.928. The van der Waals surface area contributed by atoms with Crippen LogP contribution in [0.25, 0.3) is 0 Å². The number of anilines is 1. The van der Waals surface area contributed by atoms with Gasteiger partial charge in [-0.15, -0.1) is 0 Å². The largest absolute Gasteiger partial charge is 0.358 e. The van der Waals surface area contributed by atoms with Crippen LogP contribution in [0.15, 0.2) is 24.3 Å². The molecular formula is C18H29N3OS2. The lowest BCUT2D eigenvalue weighted by atomic mass is 10.0. The number of carbonyl (C=O) groups is 1. The quantitative estimate of drug-likeness (QED) is 0.683. The van der Waals surface area contributed by atoms with E-state index in [4.69, 9.17) is 18.0 Å². The SMILES string of the molecule is CCN(CC)C(=S)SCc1ccc(NC(=O)[C@@H](N)CC(C)C)cc1. The van der Waals surface area contributed by atoms with Gasteiger partial charge in [0, 0.05) is 24.5 Å². The number of thiocarbonyl (C=S) groups is 1. The van der Waals surface area contributed by atoms with Crippen LogP contribution >= 0.6 is 24.0 Å². The molecule has 0 bridgehead atoms. The maximum Gasteiger partial charge on any atom is 0.241 e. The normalized spacial score (nSPS) is 12.1. The number of nitrogens with two attached hydrogens (primary N) is 1. The molecule has 0 unspecified atom stereocenters. The molecule has 0 saturated heterocycles. The molecule has 0 spiro atoms. The Morgan fingerprint density at radius 2 is 1.83 bits per heavy atom. The monoisotopic (exact) mass is 367 g/mol. The fraction of sp³-hybridized carbons (Fsp3) is 0.556. The van der Waals surface area contributed by atoms with Crippen LogP contribution in [0.4, 0.5) is 5.69 Å². The summed E-state index contributed by atoms with van der Waals surface area (Å²) in [5.74, 6) is 1.10. The molecule has 0 aliphatic heterocycles. The van der Waals surface area contributed by atoms with Crippen molar-refractivity contribution in [1.82, 2.24) is 4.90 Å². The van der Waals surface area contributed by atoms with Crippen molar-refractivity contribution in [2.45, 2.75) is 45.9 Å². The summed E-state index contributed by atoms with van der Waals surface area (Å²) in [6.07, 6.45) is 0.684. The molecule has 6 heteroatoms. The van der Waals surface area contributed by atoms with Gasteiger partial charge in [-0.05, 0) is 43.9 Å². The first-order valence-electron chi connectivity index (χ1n) is 8.44. The molecule has 1 aromatic carbocycles. The van der Waals surface area contributed by atoms with Gasteiger partial charge in [-0.25, -0.2) is 0 Å². The van der Waals surface area contributed by atoms with Crippen molar-refractivity contribution in [3.63, 3.8) is 0 Å². The number of thioether (sulfide) groups is 1. The van der Waals surface area contributed by atoms with Gasteiger partial charge in [0.15, 0.2) is 0 Å². The predicted octanol–water partition coefficient (Wildman–Crippen LogP) is 3.86. The molecule has 0 aromatic heterocycles. The van der Waals surface area contributed by atoms with Crippen molar-refractivity contribution >= 4 is 39.9 Å². The van der Waals surface area contributed by atoms with Gasteiger partial charge in [-0.2, -0.15) is 0 Å². The van der Waals surface area contributed by atoms with Crippen molar-refractivity contribution in [2.75, 3.05) is 18.4 Å². The van der Waals surface area contributed by atoms with Gasteiger partial charge in [-0.3, -0.25) is 4.79 Å². The highest BCUT2D eigenvalue weighted by Crippen LogP contribution is 2.19. The van der Waals surface area contributed by atoms with Crippen LogP contribution in [0.1, 0.15) is 39.7 Å². The van der Waals surface area contributed by atoms with Gasteiger partial charge in [-0.1, -0.05) is 50.0 Å². The lowest BCUT2D eigenvalue weighted by Gasteiger charge is -2.20. The van der Waals surface area contributed by atoms with E-state index in [1.54, 1.807) is 11.8 Å². The van der Waals surface area contributed by atoms with Gasteiger partial charge in [0.25, 0.3) is 0 Å². The standard InChI is InChI=1S/C18H29N3OS2/c1-5-21(6-2)18(23)24-12-14-7-9-15(10-8-14)20-17(22)16(19)11-13(3)4/h7-10,13,16H,5-6,11-12,19H2,1-4H3,(H,20,22)/t16-/m0/s1. The molecule has 0 radical (unpaired) electrons. The van der Waals surface area contributed by atoms with Gasteiger partial charge >= 0.3 is 0 Å². The molecule has 0 aliphatic rings. The van der Waals surface area contributed by atoms with E-state index in [0.29, 0.717) is 12.3 Å². The Kier molecular flexibility index (Phi) is 9.33. The minimum Gasteiger partial charge on any atom is -0.358 e. The summed E-state index contributed by atoms with van der Waals surface area (Å²) in [5, 5.41) is 2.87. The third-order valence-electron chi connectivity index (χ3n) is 3.67. The number of rotatable bonds is 8. The molecule has 0 saturated carbocycles. The Bertz CT molecular complexity index is 528. The van der Waals surface area contributed by atoms with Crippen LogP contribution in [-0.2, 0) is 10.5 Å². The molecule has 1 rings (SSSR count). The van der Waals surface area contributed by atoms with Gasteiger partial charge in [0.05, 0.1) is 6.04 Å². The number of hydrogen-bond donors (Lipinski definition) is 2. The van der Waals surface area contributed by atoms with Gasteiger partial charge in [0.1, 0.15) is 4.32 Å². The lowest BCUT2D eigenvalue weighted by molar-refractivity contribution is -0.117. The van der Waals surface area contributed by atoms with Crippen molar-refractivity contribution in [3.8, 4) is 0 Å². The first-order chi connectivity index (χ1) is 11.4. The van der Waals surface area contributed by atoms with Crippen LogP contribution in [0.5, 0.6) is 0 Å². The van der Waals surface area contributed by atoms with E-state index >= 15 is 0 Å². The minimum atomic E-state index is -0.466. The summed E-state index contributed by atoms with van der Waals surface area (Å²) in [4.78, 5) is 14.2. The average molecular weight is 368 g/mol. The van der Waals surface area contributed by atoms with Crippen LogP contribution in [0.3, 0.4) is 0 Å². The highest BCUT2D eigenvalue weighted by atomic mass is 32.2. The zero-order valence-corrected chi connectivity index (χ0v) is 16.7. The van der Waals surface area contributed by atoms with E-state index in [1.165, 1.54) is 5.56 Å². The van der Waals surface area contributed by atoms with Crippen LogP contribution < -0.4 is 11.1 Å². The van der Waals surface area contributed by atoms with Crippen molar-refractivity contribution < 1.29 is 4.79 Å². The molecule has 0 fully saturated rings. The number of amides is 1. The number of nitrogens with one attached hydrogen (secondary N) is 1. The predicted molar refractivity (Wildman–Crippen MR) is 109 cm³/mol. The van der Waals surface area contributed by atoms with E-state index in [9.17, 15) is 4.79 Å². The van der Waals surface area contributed by atoms with Crippen LogP contribution in [0.2, 0.25) is 0 Å². The van der Waals surface area contributed by atoms with Crippen LogP contribution in [-0.4, -0.2) is 34.3 Å². The molecule has 24 heavy (non-hydrogen) atoms. The van der Waals surface area contributed by atoms with Crippen molar-refractivity contribution in [2.24, 2.45) is 11.7 Å². The third kappa shape index (κ3) is 7.20. The van der Waals surface area contributed by atoms with Crippen molar-refractivity contribution in [3.05, 3.63) is 29.8 Å². The van der Waals surface area contributed by atoms with E-state index in [-0.39, 0.29) is 5.91 Å². The number of hydrogen-bond acceptors (Lipinski definition) is 4. The minimum absolute atomic E-state index is 0.131. The Labute approximate surface area is 155 Å². The fourth-order valence-corrected chi connectivity index (χ4v) is 3.61. The number of benzene rings is 1. The molecule has 134 valence electrons. The molecule has 4 nitrogen and oxygen atoms in total. The van der Waals surface area contributed by atoms with E-state index in [0.717, 1.165) is 28.9 Å². The first kappa shape index (κ1) is 20.9. The van der Waals surface area contributed by atoms with Gasteiger partial charge < -0.3 is 16.0 Å². The maximum atomic E-state index is 12.0. The summed E-state index contributed by atoms with van der Waals surface area (Å²) in [6.45, 7) is 10.2. The molecule has 0 aliphatic carbocycles. The van der Waals surface area contributed by atoms with E-state index in [1.807, 2.05) is 24.3 Å². The smallest absolute Gasteiger partial charge is 0.241 e. The Hall–Kier alpha value is -1.11. The van der Waals surface area contributed by atoms with E-state index in [2.05, 4.69) is 37.9 Å².